The number of hydrogen-bond donors (Lipinski definition) is 1. The van der Waals surface area contributed by atoms with Gasteiger partial charge in [-0.3, -0.25) is 14.8 Å². The number of carbonyl (C=O) groups is 1. The van der Waals surface area contributed by atoms with E-state index >= 15 is 0 Å². The monoisotopic (exact) mass is 321 g/mol. The van der Waals surface area contributed by atoms with E-state index in [9.17, 15) is 4.79 Å². The third-order valence-electron chi connectivity index (χ3n) is 3.18. The molecule has 0 unspecified atom stereocenters. The second-order valence-corrected chi connectivity index (χ2v) is 6.23. The van der Waals surface area contributed by atoms with Gasteiger partial charge in [0, 0.05) is 34.0 Å². The highest BCUT2D eigenvalue weighted by molar-refractivity contribution is 7.13. The summed E-state index contributed by atoms with van der Waals surface area (Å²) in [6, 6.07) is 14.9. The standard InChI is InChI=1S/C18H15N3OS/c1-13-6-7-15(23-13)12-20-17-5-3-2-4-16(17)18(22)21-14-8-10-19-11-9-14/h2-12H,1H3,(H,19,21,22). The van der Waals surface area contributed by atoms with Crippen molar-refractivity contribution < 1.29 is 4.79 Å². The summed E-state index contributed by atoms with van der Waals surface area (Å²) in [5, 5.41) is 2.85. The minimum Gasteiger partial charge on any atom is -0.322 e. The Morgan fingerprint density at radius 2 is 1.91 bits per heavy atom. The summed E-state index contributed by atoms with van der Waals surface area (Å²) in [5.74, 6) is -0.189. The van der Waals surface area contributed by atoms with E-state index < -0.39 is 0 Å². The molecule has 5 heteroatoms. The summed E-state index contributed by atoms with van der Waals surface area (Å²) < 4.78 is 0. The predicted molar refractivity (Wildman–Crippen MR) is 94.9 cm³/mol. The van der Waals surface area contributed by atoms with Crippen LogP contribution in [0, 0.1) is 6.92 Å². The Kier molecular flexibility index (Phi) is 4.59. The van der Waals surface area contributed by atoms with Crippen LogP contribution in [-0.4, -0.2) is 17.1 Å². The molecule has 2 heterocycles. The molecule has 1 aromatic carbocycles. The molecule has 0 saturated carbocycles. The van der Waals surface area contributed by atoms with Crippen LogP contribution in [0.25, 0.3) is 0 Å². The number of carbonyl (C=O) groups excluding carboxylic acids is 1. The fraction of sp³-hybridized carbons (Fsp3) is 0.0556. The Hall–Kier alpha value is -2.79. The summed E-state index contributed by atoms with van der Waals surface area (Å²) in [6.07, 6.45) is 5.06. The van der Waals surface area contributed by atoms with Crippen molar-refractivity contribution in [3.8, 4) is 0 Å². The van der Waals surface area contributed by atoms with Gasteiger partial charge in [-0.2, -0.15) is 0 Å². The highest BCUT2D eigenvalue weighted by Gasteiger charge is 2.10. The van der Waals surface area contributed by atoms with Gasteiger partial charge in [0.2, 0.25) is 0 Å². The first kappa shape index (κ1) is 15.1. The van der Waals surface area contributed by atoms with Gasteiger partial charge in [-0.05, 0) is 43.3 Å². The van der Waals surface area contributed by atoms with Gasteiger partial charge < -0.3 is 5.32 Å². The molecule has 0 fully saturated rings. The molecular weight excluding hydrogens is 306 g/mol. The van der Waals surface area contributed by atoms with Crippen molar-refractivity contribution in [1.82, 2.24) is 4.98 Å². The first-order valence-electron chi connectivity index (χ1n) is 7.13. The van der Waals surface area contributed by atoms with Gasteiger partial charge in [-0.15, -0.1) is 11.3 Å². The zero-order valence-corrected chi connectivity index (χ0v) is 13.4. The van der Waals surface area contributed by atoms with E-state index in [0.29, 0.717) is 16.9 Å². The van der Waals surface area contributed by atoms with E-state index in [2.05, 4.69) is 22.2 Å². The largest absolute Gasteiger partial charge is 0.322 e. The van der Waals surface area contributed by atoms with Crippen LogP contribution in [0.3, 0.4) is 0 Å². The molecule has 114 valence electrons. The lowest BCUT2D eigenvalue weighted by Crippen LogP contribution is -2.12. The molecule has 0 spiro atoms. The summed E-state index contributed by atoms with van der Waals surface area (Å²) in [7, 11) is 0. The van der Waals surface area contributed by atoms with Crippen molar-refractivity contribution >= 4 is 34.8 Å². The Morgan fingerprint density at radius 3 is 2.65 bits per heavy atom. The minimum absolute atomic E-state index is 0.189. The van der Waals surface area contributed by atoms with Crippen LogP contribution >= 0.6 is 11.3 Å². The van der Waals surface area contributed by atoms with Crippen LogP contribution in [-0.2, 0) is 0 Å². The average molecular weight is 321 g/mol. The number of amides is 1. The number of benzene rings is 1. The summed E-state index contributed by atoms with van der Waals surface area (Å²) in [6.45, 7) is 2.05. The van der Waals surface area contributed by atoms with Crippen molar-refractivity contribution in [2.45, 2.75) is 6.92 Å². The fourth-order valence-corrected chi connectivity index (χ4v) is 2.82. The van der Waals surface area contributed by atoms with Gasteiger partial charge in [0.1, 0.15) is 0 Å². The number of thiophene rings is 1. The average Bonchev–Trinajstić information content (AvgIpc) is 2.99. The van der Waals surface area contributed by atoms with Crippen molar-refractivity contribution in [2.75, 3.05) is 5.32 Å². The maximum absolute atomic E-state index is 12.4. The number of aromatic nitrogens is 1. The molecule has 0 atom stereocenters. The van der Waals surface area contributed by atoms with E-state index in [0.717, 1.165) is 4.88 Å². The van der Waals surface area contributed by atoms with E-state index in [1.54, 1.807) is 48.1 Å². The quantitative estimate of drug-likeness (QED) is 0.722. The lowest BCUT2D eigenvalue weighted by atomic mass is 10.1. The third-order valence-corrected chi connectivity index (χ3v) is 4.11. The number of aryl methyl sites for hydroxylation is 1. The molecule has 2 aromatic heterocycles. The Labute approximate surface area is 138 Å². The molecule has 1 N–H and O–H groups in total. The summed E-state index contributed by atoms with van der Waals surface area (Å²) in [4.78, 5) is 23.1. The van der Waals surface area contributed by atoms with Crippen molar-refractivity contribution in [3.05, 3.63) is 76.2 Å². The van der Waals surface area contributed by atoms with Crippen molar-refractivity contribution in [2.24, 2.45) is 4.99 Å². The fourth-order valence-electron chi connectivity index (χ4n) is 2.07. The van der Waals surface area contributed by atoms with Crippen LogP contribution in [0.2, 0.25) is 0 Å². The molecule has 23 heavy (non-hydrogen) atoms. The summed E-state index contributed by atoms with van der Waals surface area (Å²) in [5.41, 5.74) is 1.89. The van der Waals surface area contributed by atoms with Crippen LogP contribution in [0.15, 0.2) is 65.9 Å². The SMILES string of the molecule is Cc1ccc(C=Nc2ccccc2C(=O)Nc2ccncc2)s1. The number of para-hydroxylation sites is 1. The molecule has 0 bridgehead atoms. The van der Waals surface area contributed by atoms with Crippen molar-refractivity contribution in [3.63, 3.8) is 0 Å². The second kappa shape index (κ2) is 6.98. The highest BCUT2D eigenvalue weighted by atomic mass is 32.1. The normalized spacial score (nSPS) is 10.8. The first-order chi connectivity index (χ1) is 11.2. The van der Waals surface area contributed by atoms with E-state index in [1.807, 2.05) is 30.3 Å². The van der Waals surface area contributed by atoms with Crippen LogP contribution in [0.1, 0.15) is 20.1 Å². The Balaban J connectivity index is 1.82. The number of hydrogen-bond acceptors (Lipinski definition) is 4. The van der Waals surface area contributed by atoms with Gasteiger partial charge in [0.15, 0.2) is 0 Å². The number of aliphatic imine (C=N–C) groups is 1. The molecule has 0 aliphatic carbocycles. The molecule has 3 aromatic rings. The molecule has 0 aliphatic heterocycles. The smallest absolute Gasteiger partial charge is 0.257 e. The molecule has 0 saturated heterocycles. The van der Waals surface area contributed by atoms with Crippen LogP contribution in [0.4, 0.5) is 11.4 Å². The van der Waals surface area contributed by atoms with E-state index in [-0.39, 0.29) is 5.91 Å². The Bertz CT molecular complexity index is 840. The van der Waals surface area contributed by atoms with Gasteiger partial charge in [0.25, 0.3) is 5.91 Å². The molecule has 3 rings (SSSR count). The van der Waals surface area contributed by atoms with Crippen LogP contribution in [0.5, 0.6) is 0 Å². The van der Waals surface area contributed by atoms with Gasteiger partial charge >= 0.3 is 0 Å². The Morgan fingerprint density at radius 1 is 1.13 bits per heavy atom. The number of pyridine rings is 1. The third kappa shape index (κ3) is 3.90. The molecule has 0 aliphatic rings. The maximum atomic E-state index is 12.4. The number of nitrogens with one attached hydrogen (secondary N) is 1. The second-order valence-electron chi connectivity index (χ2n) is 4.91. The number of nitrogens with zero attached hydrogens (tertiary/aromatic N) is 2. The zero-order chi connectivity index (χ0) is 16.1. The molecule has 0 radical (unpaired) electrons. The van der Waals surface area contributed by atoms with Crippen molar-refractivity contribution in [1.29, 1.82) is 0 Å². The molecule has 4 nitrogen and oxygen atoms in total. The predicted octanol–water partition coefficient (Wildman–Crippen LogP) is 4.45. The highest BCUT2D eigenvalue weighted by Crippen LogP contribution is 2.21. The first-order valence-corrected chi connectivity index (χ1v) is 7.95. The van der Waals surface area contributed by atoms with E-state index in [1.165, 1.54) is 4.88 Å². The molecule has 1 amide bonds. The maximum Gasteiger partial charge on any atom is 0.257 e. The minimum atomic E-state index is -0.189. The number of anilines is 1. The topological polar surface area (TPSA) is 54.4 Å². The van der Waals surface area contributed by atoms with Crippen LogP contribution < -0.4 is 5.32 Å². The van der Waals surface area contributed by atoms with Gasteiger partial charge in [-0.25, -0.2) is 0 Å². The summed E-state index contributed by atoms with van der Waals surface area (Å²) >= 11 is 1.67. The van der Waals surface area contributed by atoms with Gasteiger partial charge in [-0.1, -0.05) is 12.1 Å². The lowest BCUT2D eigenvalue weighted by molar-refractivity contribution is 0.102. The zero-order valence-electron chi connectivity index (χ0n) is 12.6. The van der Waals surface area contributed by atoms with E-state index in [4.69, 9.17) is 0 Å². The molecular formula is C18H15N3OS. The lowest BCUT2D eigenvalue weighted by Gasteiger charge is -2.07. The van der Waals surface area contributed by atoms with Gasteiger partial charge in [0.05, 0.1) is 11.3 Å². The number of rotatable bonds is 4.